The smallest absolute Gasteiger partial charge is 0.149 e. The molecule has 0 heterocycles. The van der Waals surface area contributed by atoms with E-state index in [9.17, 15) is 4.79 Å². The van der Waals surface area contributed by atoms with Crippen molar-refractivity contribution in [2.24, 2.45) is 0 Å². The highest BCUT2D eigenvalue weighted by atomic mass is 79.9. The van der Waals surface area contributed by atoms with Gasteiger partial charge in [0.1, 0.15) is 17.3 Å². The molecule has 5 heteroatoms. The van der Waals surface area contributed by atoms with Gasteiger partial charge in [-0.15, -0.1) is 0 Å². The van der Waals surface area contributed by atoms with Crippen molar-refractivity contribution in [1.29, 1.82) is 0 Å². The summed E-state index contributed by atoms with van der Waals surface area (Å²) in [5.74, 6) is 1.41. The summed E-state index contributed by atoms with van der Waals surface area (Å²) < 4.78 is 10.7. The molecule has 2 aromatic carbocycles. The van der Waals surface area contributed by atoms with Crippen molar-refractivity contribution in [2.75, 3.05) is 24.9 Å². The van der Waals surface area contributed by atoms with Gasteiger partial charge in [0.2, 0.25) is 0 Å². The zero-order chi connectivity index (χ0) is 19.3. The van der Waals surface area contributed by atoms with E-state index in [0.717, 1.165) is 33.8 Å². The average Bonchev–Trinajstić information content (AvgIpc) is 2.63. The topological polar surface area (TPSA) is 35.5 Å². The molecule has 2 atom stereocenters. The van der Waals surface area contributed by atoms with Gasteiger partial charge in [-0.3, -0.25) is 4.79 Å². The third-order valence-electron chi connectivity index (χ3n) is 4.64. The van der Waals surface area contributed by atoms with Gasteiger partial charge in [0, 0.05) is 10.7 Å². The fourth-order valence-corrected chi connectivity index (χ4v) is 4.52. The first-order chi connectivity index (χ1) is 12.5. The first kappa shape index (κ1) is 21.0. The number of methoxy groups -OCH3 is 2. The predicted octanol–water partition coefficient (Wildman–Crippen LogP) is 5.55. The van der Waals surface area contributed by atoms with Crippen LogP contribution in [0.3, 0.4) is 0 Å². The van der Waals surface area contributed by atoms with E-state index in [-0.39, 0.29) is 17.6 Å². The molecule has 0 bridgehead atoms. The molecule has 3 nitrogen and oxygen atoms in total. The molecule has 0 fully saturated rings. The van der Waals surface area contributed by atoms with Gasteiger partial charge < -0.3 is 9.47 Å². The van der Waals surface area contributed by atoms with E-state index in [0.29, 0.717) is 10.7 Å². The lowest BCUT2D eigenvalue weighted by molar-refractivity contribution is -0.121. The monoisotopic (exact) mass is 482 g/mol. The second kappa shape index (κ2) is 9.56. The van der Waals surface area contributed by atoms with Crippen molar-refractivity contribution < 1.29 is 14.3 Å². The molecule has 0 aliphatic rings. The van der Waals surface area contributed by atoms with E-state index >= 15 is 0 Å². The van der Waals surface area contributed by atoms with Crippen LogP contribution in [-0.2, 0) is 4.79 Å². The van der Waals surface area contributed by atoms with Gasteiger partial charge in [0.25, 0.3) is 0 Å². The molecular weight excluding hydrogens is 460 g/mol. The molecule has 140 valence electrons. The largest absolute Gasteiger partial charge is 0.496 e. The van der Waals surface area contributed by atoms with Crippen LogP contribution < -0.4 is 9.47 Å². The Balaban J connectivity index is 2.35. The Bertz CT molecular complexity index is 710. The number of Topliss-reactive ketones (excluding diaryl/α,β-unsaturated/α-hetero) is 1. The number of hydrogen-bond donors (Lipinski definition) is 0. The quantitative estimate of drug-likeness (QED) is 0.462. The van der Waals surface area contributed by atoms with Crippen LogP contribution in [0.5, 0.6) is 11.5 Å². The Labute approximate surface area is 172 Å². The van der Waals surface area contributed by atoms with Crippen molar-refractivity contribution in [3.05, 3.63) is 58.7 Å². The summed E-state index contributed by atoms with van der Waals surface area (Å²) in [4.78, 5) is 13.3. The van der Waals surface area contributed by atoms with Crippen molar-refractivity contribution in [3.63, 3.8) is 0 Å². The van der Waals surface area contributed by atoms with Gasteiger partial charge >= 0.3 is 0 Å². The van der Waals surface area contributed by atoms with Gasteiger partial charge in [-0.1, -0.05) is 56.1 Å². The lowest BCUT2D eigenvalue weighted by Gasteiger charge is -2.22. The Hall–Kier alpha value is -1.33. The fourth-order valence-electron chi connectivity index (χ4n) is 3.14. The molecule has 2 unspecified atom stereocenters. The number of carbonyl (C=O) groups excluding carboxylic acids is 1. The highest BCUT2D eigenvalue weighted by Crippen LogP contribution is 2.33. The van der Waals surface area contributed by atoms with E-state index in [1.165, 1.54) is 0 Å². The molecule has 0 aliphatic carbocycles. The van der Waals surface area contributed by atoms with Crippen LogP contribution in [0.25, 0.3) is 0 Å². The SMILES string of the molecule is COc1ccc(C(CBr)C(=O)C(CBr)c2ccc(OC)c(C)c2)cc1C. The Morgan fingerprint density at radius 2 is 1.23 bits per heavy atom. The molecule has 0 radical (unpaired) electrons. The van der Waals surface area contributed by atoms with Crippen molar-refractivity contribution in [3.8, 4) is 11.5 Å². The van der Waals surface area contributed by atoms with Crippen molar-refractivity contribution >= 4 is 37.6 Å². The number of carbonyl (C=O) groups is 1. The number of alkyl halides is 2. The molecule has 2 aromatic rings. The highest BCUT2D eigenvalue weighted by Gasteiger charge is 2.28. The number of aryl methyl sites for hydroxylation is 2. The maximum atomic E-state index is 13.3. The summed E-state index contributed by atoms with van der Waals surface area (Å²) in [5.41, 5.74) is 4.06. The zero-order valence-corrected chi connectivity index (χ0v) is 18.7. The minimum absolute atomic E-state index is 0.188. The molecule has 0 aromatic heterocycles. The maximum Gasteiger partial charge on any atom is 0.149 e. The lowest BCUT2D eigenvalue weighted by atomic mass is 9.85. The van der Waals surface area contributed by atoms with Gasteiger partial charge in [0.15, 0.2) is 0 Å². The number of rotatable bonds is 8. The molecule has 0 amide bonds. The van der Waals surface area contributed by atoms with Crippen LogP contribution in [0.15, 0.2) is 36.4 Å². The van der Waals surface area contributed by atoms with Crippen LogP contribution >= 0.6 is 31.9 Å². The normalized spacial score (nSPS) is 13.2. The third-order valence-corrected chi connectivity index (χ3v) is 5.93. The number of ketones is 1. The molecule has 0 saturated heterocycles. The summed E-state index contributed by atoms with van der Waals surface area (Å²) in [6.07, 6.45) is 0. The van der Waals surface area contributed by atoms with Gasteiger partial charge in [0.05, 0.1) is 26.1 Å². The van der Waals surface area contributed by atoms with E-state index < -0.39 is 0 Å². The molecule has 0 N–H and O–H groups in total. The highest BCUT2D eigenvalue weighted by molar-refractivity contribution is 9.09. The van der Waals surface area contributed by atoms with Crippen LogP contribution in [0, 0.1) is 13.8 Å². The van der Waals surface area contributed by atoms with Crippen LogP contribution in [-0.4, -0.2) is 30.7 Å². The van der Waals surface area contributed by atoms with Crippen LogP contribution in [0.2, 0.25) is 0 Å². The van der Waals surface area contributed by atoms with Gasteiger partial charge in [-0.05, 0) is 48.2 Å². The Morgan fingerprint density at radius 3 is 1.50 bits per heavy atom. The Kier molecular flexibility index (Phi) is 7.71. The summed E-state index contributed by atoms with van der Waals surface area (Å²) in [6.45, 7) is 3.99. The molecular formula is C21H24Br2O3. The number of ether oxygens (including phenoxy) is 2. The molecule has 0 aliphatic heterocycles. The first-order valence-corrected chi connectivity index (χ1v) is 10.7. The molecule has 0 spiro atoms. The summed E-state index contributed by atoms with van der Waals surface area (Å²) in [6, 6.07) is 11.9. The third kappa shape index (κ3) is 4.49. The van der Waals surface area contributed by atoms with E-state index in [4.69, 9.17) is 9.47 Å². The second-order valence-corrected chi connectivity index (χ2v) is 7.57. The standard InChI is InChI=1S/C21H24Br2O3/c1-13-9-15(5-7-19(13)25-3)17(11-22)21(24)18(12-23)16-6-8-20(26-4)14(2)10-16/h5-10,17-18H,11-12H2,1-4H3. The fraction of sp³-hybridized carbons (Fsp3) is 0.381. The van der Waals surface area contributed by atoms with E-state index in [1.807, 2.05) is 50.2 Å². The summed E-state index contributed by atoms with van der Waals surface area (Å²) in [5, 5.41) is 1.16. The zero-order valence-electron chi connectivity index (χ0n) is 15.5. The number of halogens is 2. The predicted molar refractivity (Wildman–Crippen MR) is 114 cm³/mol. The first-order valence-electron chi connectivity index (χ1n) is 8.41. The summed E-state index contributed by atoms with van der Waals surface area (Å²) >= 11 is 7.07. The van der Waals surface area contributed by atoms with Crippen LogP contribution in [0.1, 0.15) is 34.1 Å². The summed E-state index contributed by atoms with van der Waals surface area (Å²) in [7, 11) is 3.31. The lowest BCUT2D eigenvalue weighted by Crippen LogP contribution is -2.23. The van der Waals surface area contributed by atoms with Gasteiger partial charge in [-0.2, -0.15) is 0 Å². The van der Waals surface area contributed by atoms with Gasteiger partial charge in [-0.25, -0.2) is 0 Å². The minimum atomic E-state index is -0.218. The minimum Gasteiger partial charge on any atom is -0.496 e. The maximum absolute atomic E-state index is 13.3. The van der Waals surface area contributed by atoms with Crippen molar-refractivity contribution in [2.45, 2.75) is 25.7 Å². The second-order valence-electron chi connectivity index (χ2n) is 6.27. The average molecular weight is 484 g/mol. The molecule has 26 heavy (non-hydrogen) atoms. The Morgan fingerprint density at radius 1 is 0.846 bits per heavy atom. The van der Waals surface area contributed by atoms with E-state index in [2.05, 4.69) is 31.9 Å². The van der Waals surface area contributed by atoms with Crippen LogP contribution in [0.4, 0.5) is 0 Å². The number of benzene rings is 2. The number of hydrogen-bond acceptors (Lipinski definition) is 3. The van der Waals surface area contributed by atoms with E-state index in [1.54, 1.807) is 14.2 Å². The molecule has 2 rings (SSSR count). The molecule has 0 saturated carbocycles. The van der Waals surface area contributed by atoms with Crippen molar-refractivity contribution in [1.82, 2.24) is 0 Å².